The number of alkyl halides is 3. The standard InChI is InChI=1S/C14H18F3NO2/c1-9(3-8-12(18)13(19)20-2)10-4-6-11(7-5-10)14(15,16)17/h4-7,9,12H,3,8,18H2,1-2H3. The third-order valence-electron chi connectivity index (χ3n) is 3.22. The van der Waals surface area contributed by atoms with Crippen molar-refractivity contribution in [3.05, 3.63) is 35.4 Å². The number of ether oxygens (including phenoxy) is 1. The van der Waals surface area contributed by atoms with E-state index >= 15 is 0 Å². The number of halogens is 3. The molecule has 20 heavy (non-hydrogen) atoms. The summed E-state index contributed by atoms with van der Waals surface area (Å²) in [7, 11) is 1.27. The first-order valence-electron chi connectivity index (χ1n) is 6.26. The first kappa shape index (κ1) is 16.5. The molecule has 0 bridgehead atoms. The van der Waals surface area contributed by atoms with Crippen LogP contribution in [0.15, 0.2) is 24.3 Å². The lowest BCUT2D eigenvalue weighted by atomic mass is 9.93. The molecule has 3 nitrogen and oxygen atoms in total. The molecule has 0 aliphatic carbocycles. The summed E-state index contributed by atoms with van der Waals surface area (Å²) >= 11 is 0. The lowest BCUT2D eigenvalue weighted by Gasteiger charge is -2.15. The zero-order valence-electron chi connectivity index (χ0n) is 11.4. The summed E-state index contributed by atoms with van der Waals surface area (Å²) in [5.41, 5.74) is 5.73. The van der Waals surface area contributed by atoms with Gasteiger partial charge >= 0.3 is 12.1 Å². The Labute approximate surface area is 115 Å². The van der Waals surface area contributed by atoms with E-state index in [1.165, 1.54) is 19.2 Å². The lowest BCUT2D eigenvalue weighted by Crippen LogP contribution is -2.31. The maximum absolute atomic E-state index is 12.4. The van der Waals surface area contributed by atoms with Crippen molar-refractivity contribution in [2.75, 3.05) is 7.11 Å². The monoisotopic (exact) mass is 289 g/mol. The molecule has 1 rings (SSSR count). The summed E-state index contributed by atoms with van der Waals surface area (Å²) in [6, 6.07) is 4.34. The summed E-state index contributed by atoms with van der Waals surface area (Å²) in [6.45, 7) is 1.88. The molecule has 0 aromatic heterocycles. The van der Waals surface area contributed by atoms with Crippen LogP contribution in [0, 0.1) is 0 Å². The molecule has 1 aromatic carbocycles. The van der Waals surface area contributed by atoms with E-state index in [1.807, 2.05) is 6.92 Å². The third kappa shape index (κ3) is 4.52. The predicted molar refractivity (Wildman–Crippen MR) is 69.1 cm³/mol. The highest BCUT2D eigenvalue weighted by atomic mass is 19.4. The van der Waals surface area contributed by atoms with Crippen LogP contribution in [0.3, 0.4) is 0 Å². The molecule has 2 N–H and O–H groups in total. The van der Waals surface area contributed by atoms with Gasteiger partial charge in [0.15, 0.2) is 0 Å². The van der Waals surface area contributed by atoms with Crippen LogP contribution < -0.4 is 5.73 Å². The van der Waals surface area contributed by atoms with Gasteiger partial charge in [-0.15, -0.1) is 0 Å². The van der Waals surface area contributed by atoms with Crippen LogP contribution in [0.5, 0.6) is 0 Å². The molecule has 0 aliphatic rings. The van der Waals surface area contributed by atoms with Crippen molar-refractivity contribution in [2.45, 2.75) is 37.9 Å². The number of carbonyl (C=O) groups is 1. The van der Waals surface area contributed by atoms with Crippen LogP contribution in [-0.2, 0) is 15.7 Å². The molecule has 0 spiro atoms. The minimum Gasteiger partial charge on any atom is -0.468 e. The van der Waals surface area contributed by atoms with Crippen molar-refractivity contribution in [1.82, 2.24) is 0 Å². The average Bonchev–Trinajstić information content (AvgIpc) is 2.42. The summed E-state index contributed by atoms with van der Waals surface area (Å²) in [5, 5.41) is 0. The second kappa shape index (κ2) is 6.74. The molecule has 6 heteroatoms. The molecule has 0 amide bonds. The third-order valence-corrected chi connectivity index (χ3v) is 3.22. The Hall–Kier alpha value is -1.56. The Kier molecular flexibility index (Phi) is 5.56. The molecule has 0 saturated heterocycles. The number of nitrogens with two attached hydrogens (primary N) is 1. The van der Waals surface area contributed by atoms with Gasteiger partial charge in [0, 0.05) is 0 Å². The van der Waals surface area contributed by atoms with Gasteiger partial charge in [0.1, 0.15) is 6.04 Å². The van der Waals surface area contributed by atoms with Gasteiger partial charge in [-0.25, -0.2) is 0 Å². The lowest BCUT2D eigenvalue weighted by molar-refractivity contribution is -0.142. The molecule has 1 aromatic rings. The first-order valence-corrected chi connectivity index (χ1v) is 6.26. The van der Waals surface area contributed by atoms with Crippen LogP contribution in [0.1, 0.15) is 36.8 Å². The number of methoxy groups -OCH3 is 1. The van der Waals surface area contributed by atoms with Gasteiger partial charge in [-0.05, 0) is 36.5 Å². The summed E-state index contributed by atoms with van der Waals surface area (Å²) in [5.74, 6) is -0.461. The zero-order valence-corrected chi connectivity index (χ0v) is 11.4. The molecule has 2 atom stereocenters. The van der Waals surface area contributed by atoms with E-state index in [0.29, 0.717) is 12.8 Å². The van der Waals surface area contributed by atoms with Gasteiger partial charge in [-0.2, -0.15) is 13.2 Å². The van der Waals surface area contributed by atoms with Gasteiger partial charge in [-0.1, -0.05) is 19.1 Å². The van der Waals surface area contributed by atoms with E-state index in [2.05, 4.69) is 4.74 Å². The highest BCUT2D eigenvalue weighted by Gasteiger charge is 2.30. The minimum atomic E-state index is -4.32. The van der Waals surface area contributed by atoms with Gasteiger partial charge < -0.3 is 10.5 Å². The van der Waals surface area contributed by atoms with E-state index in [-0.39, 0.29) is 5.92 Å². The van der Waals surface area contributed by atoms with Crippen molar-refractivity contribution < 1.29 is 22.7 Å². The van der Waals surface area contributed by atoms with Crippen molar-refractivity contribution in [3.63, 3.8) is 0 Å². The predicted octanol–water partition coefficient (Wildman–Crippen LogP) is 3.09. The van der Waals surface area contributed by atoms with Gasteiger partial charge in [0.05, 0.1) is 12.7 Å². The topological polar surface area (TPSA) is 52.3 Å². The summed E-state index contributed by atoms with van der Waals surface area (Å²) in [6.07, 6.45) is -3.30. The molecule has 112 valence electrons. The Morgan fingerprint density at radius 3 is 2.25 bits per heavy atom. The number of carbonyl (C=O) groups excluding carboxylic acids is 1. The minimum absolute atomic E-state index is 0.0213. The summed E-state index contributed by atoms with van der Waals surface area (Å²) in [4.78, 5) is 11.1. The largest absolute Gasteiger partial charge is 0.468 e. The SMILES string of the molecule is COC(=O)C(N)CCC(C)c1ccc(C(F)(F)F)cc1. The average molecular weight is 289 g/mol. The number of rotatable bonds is 5. The zero-order chi connectivity index (χ0) is 15.3. The first-order chi connectivity index (χ1) is 9.25. The maximum Gasteiger partial charge on any atom is 0.416 e. The number of hydrogen-bond donors (Lipinski definition) is 1. The number of hydrogen-bond acceptors (Lipinski definition) is 3. The normalized spacial score (nSPS) is 14.7. The molecule has 0 aliphatic heterocycles. The smallest absolute Gasteiger partial charge is 0.416 e. The van der Waals surface area contributed by atoms with Gasteiger partial charge in [0.25, 0.3) is 0 Å². The molecule has 0 heterocycles. The van der Waals surface area contributed by atoms with Crippen molar-refractivity contribution in [1.29, 1.82) is 0 Å². The van der Waals surface area contributed by atoms with E-state index in [4.69, 9.17) is 5.73 Å². The Morgan fingerprint density at radius 1 is 1.25 bits per heavy atom. The maximum atomic E-state index is 12.4. The highest BCUT2D eigenvalue weighted by Crippen LogP contribution is 2.30. The van der Waals surface area contributed by atoms with Crippen LogP contribution in [0.4, 0.5) is 13.2 Å². The molecule has 0 radical (unpaired) electrons. The highest BCUT2D eigenvalue weighted by molar-refractivity contribution is 5.75. The van der Waals surface area contributed by atoms with Crippen LogP contribution in [-0.4, -0.2) is 19.1 Å². The Bertz CT molecular complexity index is 443. The van der Waals surface area contributed by atoms with E-state index in [1.54, 1.807) is 0 Å². The molecule has 0 saturated carbocycles. The fourth-order valence-electron chi connectivity index (χ4n) is 1.87. The molecule has 0 fully saturated rings. The number of benzene rings is 1. The molecular weight excluding hydrogens is 271 g/mol. The Balaban J connectivity index is 2.60. The Morgan fingerprint density at radius 2 is 1.80 bits per heavy atom. The quantitative estimate of drug-likeness (QED) is 0.847. The second-order valence-electron chi connectivity index (χ2n) is 4.73. The fourth-order valence-corrected chi connectivity index (χ4v) is 1.87. The van der Waals surface area contributed by atoms with E-state index in [9.17, 15) is 18.0 Å². The van der Waals surface area contributed by atoms with Gasteiger partial charge in [0.2, 0.25) is 0 Å². The number of esters is 1. The van der Waals surface area contributed by atoms with E-state index < -0.39 is 23.8 Å². The van der Waals surface area contributed by atoms with Crippen molar-refractivity contribution in [2.24, 2.45) is 5.73 Å². The second-order valence-corrected chi connectivity index (χ2v) is 4.73. The fraction of sp³-hybridized carbons (Fsp3) is 0.500. The van der Waals surface area contributed by atoms with Crippen molar-refractivity contribution in [3.8, 4) is 0 Å². The molecular formula is C14H18F3NO2. The molecule has 2 unspecified atom stereocenters. The van der Waals surface area contributed by atoms with Gasteiger partial charge in [-0.3, -0.25) is 4.79 Å². The van der Waals surface area contributed by atoms with Crippen LogP contribution in [0.2, 0.25) is 0 Å². The van der Waals surface area contributed by atoms with E-state index in [0.717, 1.165) is 17.7 Å². The summed E-state index contributed by atoms with van der Waals surface area (Å²) < 4.78 is 41.8. The van der Waals surface area contributed by atoms with Crippen LogP contribution >= 0.6 is 0 Å². The van der Waals surface area contributed by atoms with Crippen molar-refractivity contribution >= 4 is 5.97 Å². The van der Waals surface area contributed by atoms with Crippen LogP contribution in [0.25, 0.3) is 0 Å².